The number of ether oxygens (including phenoxy) is 1. The van der Waals surface area contributed by atoms with Crippen molar-refractivity contribution in [2.45, 2.75) is 24.9 Å². The van der Waals surface area contributed by atoms with E-state index < -0.39 is 0 Å². The van der Waals surface area contributed by atoms with Crippen LogP contribution in [0, 0.1) is 0 Å². The van der Waals surface area contributed by atoms with E-state index in [1.54, 1.807) is 7.11 Å². The van der Waals surface area contributed by atoms with Crippen molar-refractivity contribution in [1.82, 2.24) is 14.8 Å². The van der Waals surface area contributed by atoms with Crippen molar-refractivity contribution < 1.29 is 9.53 Å². The Morgan fingerprint density at radius 1 is 1.14 bits per heavy atom. The predicted molar refractivity (Wildman–Crippen MR) is 113 cm³/mol. The first kappa shape index (κ1) is 19.9. The van der Waals surface area contributed by atoms with E-state index in [1.807, 2.05) is 60.1 Å². The quantitative estimate of drug-likeness (QED) is 0.602. The molecule has 0 atom stereocenters. The van der Waals surface area contributed by atoms with Crippen LogP contribution in [-0.4, -0.2) is 33.5 Å². The van der Waals surface area contributed by atoms with Gasteiger partial charge in [0.1, 0.15) is 5.75 Å². The van der Waals surface area contributed by atoms with Gasteiger partial charge in [0.25, 0.3) is 0 Å². The monoisotopic (exact) mass is 396 g/mol. The van der Waals surface area contributed by atoms with E-state index in [1.165, 1.54) is 11.8 Å². The molecular weight excluding hydrogens is 372 g/mol. The Bertz CT molecular complexity index is 951. The number of benzene rings is 2. The number of methoxy groups -OCH3 is 1. The lowest BCUT2D eigenvalue weighted by Crippen LogP contribution is -2.16. The molecule has 0 aliphatic heterocycles. The fourth-order valence-corrected chi connectivity index (χ4v) is 3.57. The summed E-state index contributed by atoms with van der Waals surface area (Å²) in [7, 11) is 3.53. The highest BCUT2D eigenvalue weighted by atomic mass is 32.2. The Hall–Kier alpha value is -2.80. The van der Waals surface area contributed by atoms with Gasteiger partial charge in [-0.15, -0.1) is 10.2 Å². The van der Waals surface area contributed by atoms with Crippen molar-refractivity contribution in [3.8, 4) is 17.1 Å². The lowest BCUT2D eigenvalue weighted by Gasteiger charge is -2.13. The van der Waals surface area contributed by atoms with Crippen LogP contribution in [0.5, 0.6) is 5.75 Å². The number of thioether (sulfide) groups is 1. The molecule has 0 bridgehead atoms. The molecule has 0 radical (unpaired) electrons. The molecule has 6 nitrogen and oxygen atoms in total. The van der Waals surface area contributed by atoms with Gasteiger partial charge >= 0.3 is 0 Å². The predicted octanol–water partition coefficient (Wildman–Crippen LogP) is 4.34. The molecule has 1 N–H and O–H groups in total. The van der Waals surface area contributed by atoms with E-state index in [2.05, 4.69) is 29.4 Å². The van der Waals surface area contributed by atoms with Crippen LogP contribution in [0.1, 0.15) is 25.3 Å². The third-order valence-corrected chi connectivity index (χ3v) is 5.39. The summed E-state index contributed by atoms with van der Waals surface area (Å²) < 4.78 is 7.08. The molecule has 1 amide bonds. The van der Waals surface area contributed by atoms with E-state index in [9.17, 15) is 4.79 Å². The number of anilines is 1. The van der Waals surface area contributed by atoms with Crippen LogP contribution in [0.4, 0.5) is 5.69 Å². The number of rotatable bonds is 7. The normalized spacial score (nSPS) is 10.9. The minimum atomic E-state index is -0.0629. The number of para-hydroxylation sites is 1. The van der Waals surface area contributed by atoms with Gasteiger partial charge in [-0.1, -0.05) is 43.8 Å². The Labute approximate surface area is 169 Å². The van der Waals surface area contributed by atoms with Crippen molar-refractivity contribution in [3.05, 3.63) is 54.1 Å². The van der Waals surface area contributed by atoms with Crippen LogP contribution >= 0.6 is 11.8 Å². The van der Waals surface area contributed by atoms with Gasteiger partial charge in [0.15, 0.2) is 11.0 Å². The summed E-state index contributed by atoms with van der Waals surface area (Å²) >= 11 is 1.36. The maximum absolute atomic E-state index is 12.4. The molecule has 0 unspecified atom stereocenters. The van der Waals surface area contributed by atoms with Crippen LogP contribution < -0.4 is 10.1 Å². The van der Waals surface area contributed by atoms with E-state index >= 15 is 0 Å². The summed E-state index contributed by atoms with van der Waals surface area (Å²) in [5, 5.41) is 12.2. The van der Waals surface area contributed by atoms with E-state index in [0.717, 1.165) is 28.4 Å². The number of nitrogens with one attached hydrogen (secondary N) is 1. The Morgan fingerprint density at radius 2 is 1.86 bits per heavy atom. The Morgan fingerprint density at radius 3 is 2.54 bits per heavy atom. The summed E-state index contributed by atoms with van der Waals surface area (Å²) in [6.45, 7) is 4.22. The van der Waals surface area contributed by atoms with Gasteiger partial charge in [0.05, 0.1) is 12.9 Å². The standard InChI is InChI=1S/C21H24N4O2S/c1-14(2)17-7-5-6-8-18(17)22-19(26)13-28-21-24-23-20(25(21)3)15-9-11-16(27-4)12-10-15/h5-12,14H,13H2,1-4H3,(H,22,26). The maximum atomic E-state index is 12.4. The zero-order valence-corrected chi connectivity index (χ0v) is 17.3. The van der Waals surface area contributed by atoms with E-state index in [0.29, 0.717) is 11.1 Å². The third-order valence-electron chi connectivity index (χ3n) is 4.37. The molecule has 3 aromatic rings. The van der Waals surface area contributed by atoms with Gasteiger partial charge in [0, 0.05) is 18.3 Å². The van der Waals surface area contributed by atoms with Crippen LogP contribution in [0.3, 0.4) is 0 Å². The second kappa shape index (κ2) is 8.93. The molecule has 28 heavy (non-hydrogen) atoms. The number of nitrogens with zero attached hydrogens (tertiary/aromatic N) is 3. The topological polar surface area (TPSA) is 69.0 Å². The van der Waals surface area contributed by atoms with Crippen molar-refractivity contribution in [2.24, 2.45) is 7.05 Å². The number of carbonyl (C=O) groups excluding carboxylic acids is 1. The fraction of sp³-hybridized carbons (Fsp3) is 0.286. The molecule has 1 aromatic heterocycles. The van der Waals surface area contributed by atoms with Crippen LogP contribution in [0.25, 0.3) is 11.4 Å². The molecule has 1 heterocycles. The molecule has 0 aliphatic rings. The third kappa shape index (κ3) is 4.54. The molecule has 146 valence electrons. The molecule has 0 fully saturated rings. The van der Waals surface area contributed by atoms with Gasteiger partial charge in [-0.3, -0.25) is 4.79 Å². The first-order valence-corrected chi connectivity index (χ1v) is 10.0. The van der Waals surface area contributed by atoms with Crippen LogP contribution in [-0.2, 0) is 11.8 Å². The summed E-state index contributed by atoms with van der Waals surface area (Å²) in [6, 6.07) is 15.5. The smallest absolute Gasteiger partial charge is 0.234 e. The molecule has 0 aliphatic carbocycles. The van der Waals surface area contributed by atoms with Crippen molar-refractivity contribution in [3.63, 3.8) is 0 Å². The fourth-order valence-electron chi connectivity index (χ4n) is 2.86. The molecule has 7 heteroatoms. The second-order valence-electron chi connectivity index (χ2n) is 6.67. The molecule has 0 saturated carbocycles. The first-order valence-electron chi connectivity index (χ1n) is 9.05. The van der Waals surface area contributed by atoms with Gasteiger partial charge < -0.3 is 14.6 Å². The lowest BCUT2D eigenvalue weighted by atomic mass is 10.0. The summed E-state index contributed by atoms with van der Waals surface area (Å²) in [6.07, 6.45) is 0. The maximum Gasteiger partial charge on any atom is 0.234 e. The number of carbonyl (C=O) groups is 1. The van der Waals surface area contributed by atoms with Crippen LogP contribution in [0.2, 0.25) is 0 Å². The zero-order chi connectivity index (χ0) is 20.1. The summed E-state index contributed by atoms with van der Waals surface area (Å²) in [5.74, 6) is 2.08. The van der Waals surface area contributed by atoms with Gasteiger partial charge in [-0.2, -0.15) is 0 Å². The van der Waals surface area contributed by atoms with E-state index in [4.69, 9.17) is 4.74 Å². The minimum absolute atomic E-state index is 0.0629. The molecule has 3 rings (SSSR count). The average Bonchev–Trinajstić information content (AvgIpc) is 3.07. The molecular formula is C21H24N4O2S. The summed E-state index contributed by atoms with van der Waals surface area (Å²) in [5.41, 5.74) is 2.93. The molecule has 0 spiro atoms. The van der Waals surface area contributed by atoms with Gasteiger partial charge in [0.2, 0.25) is 5.91 Å². The average molecular weight is 397 g/mol. The van der Waals surface area contributed by atoms with E-state index in [-0.39, 0.29) is 11.7 Å². The SMILES string of the molecule is COc1ccc(-c2nnc(SCC(=O)Nc3ccccc3C(C)C)n2C)cc1. The highest BCUT2D eigenvalue weighted by molar-refractivity contribution is 7.99. The Balaban J connectivity index is 1.65. The minimum Gasteiger partial charge on any atom is -0.497 e. The number of amides is 1. The van der Waals surface area contributed by atoms with Gasteiger partial charge in [-0.25, -0.2) is 0 Å². The second-order valence-corrected chi connectivity index (χ2v) is 7.62. The van der Waals surface area contributed by atoms with Crippen molar-refractivity contribution >= 4 is 23.4 Å². The molecule has 2 aromatic carbocycles. The van der Waals surface area contributed by atoms with Crippen molar-refractivity contribution in [1.29, 1.82) is 0 Å². The number of hydrogen-bond donors (Lipinski definition) is 1. The van der Waals surface area contributed by atoms with Crippen LogP contribution in [0.15, 0.2) is 53.7 Å². The van der Waals surface area contributed by atoms with Gasteiger partial charge in [-0.05, 0) is 41.8 Å². The summed E-state index contributed by atoms with van der Waals surface area (Å²) in [4.78, 5) is 12.4. The van der Waals surface area contributed by atoms with Crippen molar-refractivity contribution in [2.75, 3.05) is 18.2 Å². The molecule has 0 saturated heterocycles. The highest BCUT2D eigenvalue weighted by Gasteiger charge is 2.14. The lowest BCUT2D eigenvalue weighted by molar-refractivity contribution is -0.113. The number of hydrogen-bond acceptors (Lipinski definition) is 5. The highest BCUT2D eigenvalue weighted by Crippen LogP contribution is 2.26. The number of aromatic nitrogens is 3. The zero-order valence-electron chi connectivity index (χ0n) is 16.5. The Kier molecular flexibility index (Phi) is 6.36. The first-order chi connectivity index (χ1) is 13.5. The largest absolute Gasteiger partial charge is 0.497 e.